The summed E-state index contributed by atoms with van der Waals surface area (Å²) in [4.78, 5) is 22.3. The number of likely N-dealkylation sites (N-methyl/N-ethyl adjacent to an activating group) is 1. The van der Waals surface area contributed by atoms with Gasteiger partial charge in [-0.3, -0.25) is 20.1 Å². The predicted octanol–water partition coefficient (Wildman–Crippen LogP) is 6.66. The second-order valence-corrected chi connectivity index (χ2v) is 5.51. The van der Waals surface area contributed by atoms with Crippen LogP contribution in [0.4, 0.5) is 0 Å². The van der Waals surface area contributed by atoms with Crippen LogP contribution in [0.25, 0.3) is 5.57 Å². The van der Waals surface area contributed by atoms with Gasteiger partial charge in [0.2, 0.25) is 0 Å². The molecule has 0 aromatic heterocycles. The molecule has 1 heterocycles. The molecule has 5 nitrogen and oxygen atoms in total. The molecule has 166 valence electrons. The molecule has 0 unspecified atom stereocenters. The van der Waals surface area contributed by atoms with Gasteiger partial charge < -0.3 is 0 Å². The van der Waals surface area contributed by atoms with Crippen LogP contribution in [0.5, 0.6) is 0 Å². The van der Waals surface area contributed by atoms with Crippen molar-refractivity contribution in [1.29, 1.82) is 5.41 Å². The Morgan fingerprint density at radius 2 is 1.77 bits per heavy atom. The summed E-state index contributed by atoms with van der Waals surface area (Å²) < 4.78 is 0. The lowest BCUT2D eigenvalue weighted by Gasteiger charge is -2.29. The molecule has 2 rings (SSSR count). The first-order valence-corrected chi connectivity index (χ1v) is 10.9. The molecule has 0 saturated heterocycles. The molecule has 0 atom stereocenters. The van der Waals surface area contributed by atoms with Crippen LogP contribution in [0.3, 0.4) is 0 Å². The molecule has 1 aliphatic heterocycles. The van der Waals surface area contributed by atoms with Crippen LogP contribution in [0.2, 0.25) is 5.02 Å². The molecule has 0 bridgehead atoms. The highest BCUT2D eigenvalue weighted by Gasteiger charge is 2.30. The van der Waals surface area contributed by atoms with Crippen molar-refractivity contribution in [3.8, 4) is 0 Å². The van der Waals surface area contributed by atoms with Crippen LogP contribution < -0.4 is 0 Å². The Hall–Kier alpha value is -2.53. The van der Waals surface area contributed by atoms with Gasteiger partial charge in [-0.1, -0.05) is 71.4 Å². The van der Waals surface area contributed by atoms with Crippen LogP contribution in [-0.2, 0) is 4.79 Å². The minimum Gasteiger partial charge on any atom is -0.293 e. The summed E-state index contributed by atoms with van der Waals surface area (Å²) in [7, 11) is 1.67. The van der Waals surface area contributed by atoms with Crippen LogP contribution in [0.15, 0.2) is 45.9 Å². The van der Waals surface area contributed by atoms with Gasteiger partial charge in [0.1, 0.15) is 5.84 Å². The molecule has 0 fully saturated rings. The Morgan fingerprint density at radius 1 is 1.20 bits per heavy atom. The third-order valence-corrected chi connectivity index (χ3v) is 4.13. The van der Waals surface area contributed by atoms with E-state index in [4.69, 9.17) is 17.0 Å². The van der Waals surface area contributed by atoms with Gasteiger partial charge in [0.25, 0.3) is 5.91 Å². The quantitative estimate of drug-likeness (QED) is 0.420. The van der Waals surface area contributed by atoms with E-state index >= 15 is 0 Å². The highest BCUT2D eigenvalue weighted by molar-refractivity contribution is 6.37. The fourth-order valence-corrected chi connectivity index (χ4v) is 2.88. The van der Waals surface area contributed by atoms with E-state index in [-0.39, 0.29) is 11.7 Å². The Morgan fingerprint density at radius 3 is 2.17 bits per heavy atom. The number of hydrogen-bond donors (Lipinski definition) is 1. The van der Waals surface area contributed by atoms with Crippen molar-refractivity contribution in [2.45, 2.75) is 55.4 Å². The van der Waals surface area contributed by atoms with Crippen molar-refractivity contribution in [1.82, 2.24) is 4.90 Å². The maximum atomic E-state index is 12.8. The van der Waals surface area contributed by atoms with Crippen LogP contribution in [0, 0.1) is 5.41 Å². The second kappa shape index (κ2) is 16.3. The number of hydrogen-bond acceptors (Lipinski definition) is 3. The van der Waals surface area contributed by atoms with E-state index in [0.717, 1.165) is 5.57 Å². The van der Waals surface area contributed by atoms with E-state index in [9.17, 15) is 4.79 Å². The zero-order chi connectivity index (χ0) is 23.9. The zero-order valence-electron chi connectivity index (χ0n) is 19.9. The highest BCUT2D eigenvalue weighted by atomic mass is 35.5. The Kier molecular flexibility index (Phi) is 16.1. The monoisotopic (exact) mass is 432 g/mol. The number of allylic oxidation sites excluding steroid dienone is 1. The van der Waals surface area contributed by atoms with Gasteiger partial charge in [0.15, 0.2) is 5.84 Å². The van der Waals surface area contributed by atoms with Gasteiger partial charge in [-0.2, -0.15) is 0 Å². The van der Waals surface area contributed by atoms with Gasteiger partial charge in [-0.05, 0) is 32.7 Å². The predicted molar refractivity (Wildman–Crippen MR) is 134 cm³/mol. The molecule has 0 saturated carbocycles. The van der Waals surface area contributed by atoms with E-state index in [1.165, 1.54) is 0 Å². The first kappa shape index (κ1) is 29.7. The average Bonchev–Trinajstić information content (AvgIpc) is 2.82. The van der Waals surface area contributed by atoms with Crippen LogP contribution in [0.1, 0.15) is 66.5 Å². The van der Waals surface area contributed by atoms with E-state index in [0.29, 0.717) is 34.1 Å². The van der Waals surface area contributed by atoms with Gasteiger partial charge in [0.05, 0.1) is 0 Å². The van der Waals surface area contributed by atoms with Crippen molar-refractivity contribution in [2.24, 2.45) is 9.98 Å². The topological polar surface area (TPSA) is 68.9 Å². The lowest BCUT2D eigenvalue weighted by atomic mass is 9.95. The largest absolute Gasteiger partial charge is 0.293 e. The summed E-state index contributed by atoms with van der Waals surface area (Å²) >= 11 is 6.36. The molecule has 1 aromatic rings. The van der Waals surface area contributed by atoms with Crippen molar-refractivity contribution < 1.29 is 4.79 Å². The number of nitrogens with one attached hydrogen (secondary N) is 1. The Labute approximate surface area is 187 Å². The van der Waals surface area contributed by atoms with Crippen molar-refractivity contribution in [2.75, 3.05) is 13.6 Å². The molecule has 0 aliphatic carbocycles. The minimum atomic E-state index is -0.143. The maximum Gasteiger partial charge on any atom is 0.260 e. The molecule has 0 spiro atoms. The molecule has 30 heavy (non-hydrogen) atoms. The first-order chi connectivity index (χ1) is 14.5. The summed E-state index contributed by atoms with van der Waals surface area (Å²) in [5, 5.41) is 8.09. The third-order valence-electron chi connectivity index (χ3n) is 3.82. The fraction of sp³-hybridized carbons (Fsp3) is 0.417. The number of carbonyl (C=O) groups excluding carboxylic acids is 1. The Bertz CT molecular complexity index is 807. The SMILES string of the molecule is C=NC(=N)c1ccc(C2=C/C(=C/C)C(=NC)N(CC)C2=O)c(Cl)c1.CC.CC.CC. The fourth-order valence-electron chi connectivity index (χ4n) is 2.60. The van der Waals surface area contributed by atoms with E-state index in [1.54, 1.807) is 36.2 Å². The summed E-state index contributed by atoms with van der Waals surface area (Å²) in [6, 6.07) is 5.06. The third kappa shape index (κ3) is 7.06. The zero-order valence-corrected chi connectivity index (χ0v) is 20.7. The molecule has 0 radical (unpaired) electrons. The summed E-state index contributed by atoms with van der Waals surface area (Å²) in [6.07, 6.45) is 3.71. The molecular formula is C24H37ClN4O. The summed E-state index contributed by atoms with van der Waals surface area (Å²) in [5.41, 5.74) is 2.55. The number of nitrogens with zero attached hydrogens (tertiary/aromatic N) is 3. The molecule has 1 amide bonds. The van der Waals surface area contributed by atoms with Crippen molar-refractivity contribution in [3.05, 3.63) is 52.1 Å². The number of amides is 1. The normalized spacial score (nSPS) is 15.1. The molecular weight excluding hydrogens is 396 g/mol. The highest BCUT2D eigenvalue weighted by Crippen LogP contribution is 2.31. The molecule has 1 aliphatic rings. The summed E-state index contributed by atoms with van der Waals surface area (Å²) in [6.45, 7) is 19.7. The lowest BCUT2D eigenvalue weighted by molar-refractivity contribution is -0.121. The standard InChI is InChI=1S/C18H19ClN4O.3C2H6/c1-5-11-9-14(18(24)23(6-2)17(11)22-4)13-8-7-12(10-15(13)19)16(20)21-3;3*1-2/h5,7-10,20H,3,6H2,1-2,4H3;3*1-2H3/b11-5-,20-16?,22-17?;;;. The number of halogens is 1. The number of amidine groups is 2. The summed E-state index contributed by atoms with van der Waals surface area (Å²) in [5.74, 6) is 0.548. The number of rotatable bonds is 3. The molecule has 6 heteroatoms. The maximum absolute atomic E-state index is 12.8. The number of benzene rings is 1. The van der Waals surface area contributed by atoms with Crippen molar-refractivity contribution >= 4 is 41.5 Å². The van der Waals surface area contributed by atoms with E-state index in [1.807, 2.05) is 61.5 Å². The van der Waals surface area contributed by atoms with E-state index in [2.05, 4.69) is 16.7 Å². The molecule has 1 N–H and O–H groups in total. The van der Waals surface area contributed by atoms with E-state index < -0.39 is 0 Å². The van der Waals surface area contributed by atoms with Gasteiger partial charge >= 0.3 is 0 Å². The minimum absolute atomic E-state index is 0.0390. The van der Waals surface area contributed by atoms with Gasteiger partial charge in [0, 0.05) is 40.9 Å². The first-order valence-electron chi connectivity index (χ1n) is 10.5. The van der Waals surface area contributed by atoms with Gasteiger partial charge in [-0.15, -0.1) is 0 Å². The number of carbonyl (C=O) groups is 1. The second-order valence-electron chi connectivity index (χ2n) is 5.10. The smallest absolute Gasteiger partial charge is 0.260 e. The Balaban J connectivity index is 0. The van der Waals surface area contributed by atoms with Crippen LogP contribution in [-0.4, -0.2) is 42.8 Å². The van der Waals surface area contributed by atoms with Crippen LogP contribution >= 0.6 is 11.6 Å². The molecule has 1 aromatic carbocycles. The lowest BCUT2D eigenvalue weighted by Crippen LogP contribution is -2.41. The number of aliphatic imine (C=N–C) groups is 2. The van der Waals surface area contributed by atoms with Crippen molar-refractivity contribution in [3.63, 3.8) is 0 Å². The average molecular weight is 433 g/mol. The van der Waals surface area contributed by atoms with Gasteiger partial charge in [-0.25, -0.2) is 4.99 Å².